The lowest BCUT2D eigenvalue weighted by Crippen LogP contribution is -2.33. The van der Waals surface area contributed by atoms with Crippen molar-refractivity contribution < 1.29 is 32.6 Å². The summed E-state index contributed by atoms with van der Waals surface area (Å²) >= 11 is 3.91. The first-order valence-corrected chi connectivity index (χ1v) is 10.6. The molecule has 0 aromatic heterocycles. The Morgan fingerprint density at radius 1 is 1.22 bits per heavy atom. The molecule has 0 aliphatic carbocycles. The second-order valence-corrected chi connectivity index (χ2v) is 9.31. The lowest BCUT2D eigenvalue weighted by atomic mass is 9.82. The van der Waals surface area contributed by atoms with Crippen molar-refractivity contribution in [2.45, 2.75) is 50.3 Å². The van der Waals surface area contributed by atoms with E-state index in [1.54, 1.807) is 0 Å². The van der Waals surface area contributed by atoms with E-state index in [2.05, 4.69) is 19.2 Å². The third kappa shape index (κ3) is 4.54. The van der Waals surface area contributed by atoms with E-state index in [4.69, 9.17) is 18.5 Å². The fourth-order valence-corrected chi connectivity index (χ4v) is 4.49. The summed E-state index contributed by atoms with van der Waals surface area (Å²) in [4.78, 5) is 0. The normalized spacial score (nSPS) is 46.8. The van der Waals surface area contributed by atoms with E-state index >= 15 is 0 Å². The number of aliphatic hydroxyl groups is 1. The van der Waals surface area contributed by atoms with Gasteiger partial charge in [-0.25, -0.2) is 8.96 Å². The number of alkyl halides is 1. The van der Waals surface area contributed by atoms with Gasteiger partial charge < -0.3 is 14.6 Å². The molecule has 0 radical (unpaired) electrons. The quantitative estimate of drug-likeness (QED) is 0.383. The molecule has 23 heavy (non-hydrogen) atoms. The number of hydrogen-bond acceptors (Lipinski definition) is 6. The highest BCUT2D eigenvalue weighted by Crippen LogP contribution is 2.56. The average Bonchev–Trinajstić information content (AvgIpc) is 2.89. The summed E-state index contributed by atoms with van der Waals surface area (Å²) < 4.78 is 47.9. The minimum atomic E-state index is -3.79. The zero-order chi connectivity index (χ0) is 17.4. The summed E-state index contributed by atoms with van der Waals surface area (Å²) in [5, 5.41) is 9.22. The second kappa shape index (κ2) is 7.77. The zero-order valence-corrected chi connectivity index (χ0v) is 15.6. The number of halogens is 1. The molecule has 1 N–H and O–H groups in total. The van der Waals surface area contributed by atoms with Crippen LogP contribution in [0.5, 0.6) is 0 Å². The van der Waals surface area contributed by atoms with Crippen molar-refractivity contribution in [3.8, 4) is 0 Å². The van der Waals surface area contributed by atoms with Crippen LogP contribution in [0.1, 0.15) is 13.8 Å². The average molecular weight is 368 g/mol. The molecule has 9 atom stereocenters. The molecule has 0 aromatic rings. The van der Waals surface area contributed by atoms with Crippen molar-refractivity contribution in [1.29, 1.82) is 0 Å². The lowest BCUT2D eigenvalue weighted by molar-refractivity contribution is -0.00581. The Morgan fingerprint density at radius 3 is 2.35 bits per heavy atom. The molecular formula is C12H24B2FO6PS. The molecule has 0 spiro atoms. The van der Waals surface area contributed by atoms with E-state index in [1.807, 2.05) is 14.8 Å². The van der Waals surface area contributed by atoms with Gasteiger partial charge in [0.15, 0.2) is 0 Å². The van der Waals surface area contributed by atoms with Gasteiger partial charge in [0.2, 0.25) is 0 Å². The first-order chi connectivity index (χ1) is 10.7. The fraction of sp³-hybridized carbons (Fsp3) is 1.00. The number of aliphatic hydroxyl groups excluding tert-OH is 1. The predicted molar refractivity (Wildman–Crippen MR) is 92.1 cm³/mol. The molecule has 0 bridgehead atoms. The summed E-state index contributed by atoms with van der Waals surface area (Å²) in [6.07, 6.45) is -3.76. The van der Waals surface area contributed by atoms with Crippen LogP contribution < -0.4 is 0 Å². The topological polar surface area (TPSA) is 74.2 Å². The summed E-state index contributed by atoms with van der Waals surface area (Å²) in [5.74, 6) is 0.606. The molecule has 2 aliphatic rings. The Balaban J connectivity index is 1.91. The smallest absolute Gasteiger partial charge is 0.386 e. The van der Waals surface area contributed by atoms with Gasteiger partial charge in [-0.2, -0.15) is 0 Å². The van der Waals surface area contributed by atoms with Crippen molar-refractivity contribution >= 4 is 34.7 Å². The van der Waals surface area contributed by atoms with Crippen LogP contribution in [0.15, 0.2) is 0 Å². The van der Waals surface area contributed by atoms with Gasteiger partial charge in [0.05, 0.1) is 25.3 Å². The maximum absolute atomic E-state index is 14.1. The van der Waals surface area contributed by atoms with Gasteiger partial charge in [0, 0.05) is 6.00 Å². The van der Waals surface area contributed by atoms with Crippen LogP contribution in [0.2, 0.25) is 0 Å². The molecule has 6 nitrogen and oxygen atoms in total. The maximum Gasteiger partial charge on any atom is 0.386 e. The molecule has 0 amide bonds. The molecule has 2 aliphatic heterocycles. The highest BCUT2D eigenvalue weighted by Gasteiger charge is 2.47. The minimum absolute atomic E-state index is 0.0561. The van der Waals surface area contributed by atoms with Gasteiger partial charge in [-0.05, 0) is 11.8 Å². The van der Waals surface area contributed by atoms with Gasteiger partial charge in [0.1, 0.15) is 34.1 Å². The summed E-state index contributed by atoms with van der Waals surface area (Å²) in [6, 6.07) is -0.651. The lowest BCUT2D eigenvalue weighted by Gasteiger charge is -2.24. The highest BCUT2D eigenvalue weighted by atomic mass is 32.7. The number of rotatable bonds is 6. The van der Waals surface area contributed by atoms with Gasteiger partial charge in [-0.1, -0.05) is 26.1 Å². The zero-order valence-electron chi connectivity index (χ0n) is 13.8. The van der Waals surface area contributed by atoms with Crippen molar-refractivity contribution in [2.75, 3.05) is 13.2 Å². The second-order valence-electron chi connectivity index (χ2n) is 6.44. The molecular weight excluding hydrogens is 344 g/mol. The van der Waals surface area contributed by atoms with E-state index in [9.17, 15) is 14.1 Å². The Labute approximate surface area is 143 Å². The molecule has 2 heterocycles. The minimum Gasteiger partial charge on any atom is -0.394 e. The maximum atomic E-state index is 14.1. The molecule has 132 valence electrons. The Hall–Kier alpha value is 0.440. The molecule has 2 rings (SSSR count). The Morgan fingerprint density at radius 2 is 1.83 bits per heavy atom. The van der Waals surface area contributed by atoms with E-state index in [0.29, 0.717) is 5.92 Å². The van der Waals surface area contributed by atoms with Crippen LogP contribution >= 0.6 is 19.0 Å². The van der Waals surface area contributed by atoms with E-state index in [0.717, 1.165) is 0 Å². The third-order valence-electron chi connectivity index (χ3n) is 4.90. The standard InChI is InChI=1S/C12H24B2FO6PS/c1-5-6(2)11(13)20-8(5)4-18-22(17,23)21-10-7(3-16)19-12(14)9(10)15/h5-12,16H,3-4,13-14H2,1-2H3,(H,17,23)/t5?,6?,7-,8-,9?,10?,11-,12-,22?/m1/s1. The molecule has 2 saturated heterocycles. The van der Waals surface area contributed by atoms with Crippen LogP contribution in [0.3, 0.4) is 0 Å². The summed E-state index contributed by atoms with van der Waals surface area (Å²) in [6.45, 7) is -0.0385. The fourth-order valence-electron chi connectivity index (χ4n) is 3.01. The summed E-state index contributed by atoms with van der Waals surface area (Å²) in [5.41, 5.74) is 0. The molecule has 0 aromatic carbocycles. The molecule has 2 fully saturated rings. The van der Waals surface area contributed by atoms with E-state index in [-0.39, 0.29) is 24.6 Å². The van der Waals surface area contributed by atoms with E-state index in [1.165, 1.54) is 7.85 Å². The predicted octanol–water partition coefficient (Wildman–Crippen LogP) is -0.255. The number of hydrogen-bond donors (Lipinski definition) is 2. The molecule has 11 heteroatoms. The molecule has 0 saturated carbocycles. The highest BCUT2D eigenvalue weighted by molar-refractivity contribution is 8.44. The van der Waals surface area contributed by atoms with Crippen molar-refractivity contribution in [3.63, 3.8) is 0 Å². The first-order valence-electron chi connectivity index (χ1n) is 7.88. The largest absolute Gasteiger partial charge is 0.394 e. The van der Waals surface area contributed by atoms with Crippen LogP contribution in [-0.2, 0) is 23.1 Å². The van der Waals surface area contributed by atoms with E-state index < -0.39 is 37.8 Å². The van der Waals surface area contributed by atoms with Crippen LogP contribution in [0, 0.1) is 11.8 Å². The Bertz CT molecular complexity index is 463. The molecule has 5 unspecified atom stereocenters. The van der Waals surface area contributed by atoms with Crippen molar-refractivity contribution in [3.05, 3.63) is 0 Å². The van der Waals surface area contributed by atoms with Crippen molar-refractivity contribution in [1.82, 2.24) is 0 Å². The SMILES string of the molecule is B[C@@H]1O[C@H](COP(=O)(S)OC2C(F)[C@H](B)O[C@@H]2CO)C(C)C1C. The third-order valence-corrected chi connectivity index (χ3v) is 6.52. The number of ether oxygens (including phenoxy) is 2. The van der Waals surface area contributed by atoms with Crippen LogP contribution in [0.4, 0.5) is 4.39 Å². The van der Waals surface area contributed by atoms with Gasteiger partial charge in [0.25, 0.3) is 0 Å². The van der Waals surface area contributed by atoms with Gasteiger partial charge in [-0.15, -0.1) is 0 Å². The van der Waals surface area contributed by atoms with Gasteiger partial charge in [-0.3, -0.25) is 9.05 Å². The summed E-state index contributed by atoms with van der Waals surface area (Å²) in [7, 11) is 3.51. The van der Waals surface area contributed by atoms with Crippen LogP contribution in [0.25, 0.3) is 0 Å². The monoisotopic (exact) mass is 368 g/mol. The Kier molecular flexibility index (Phi) is 6.67. The van der Waals surface area contributed by atoms with Crippen molar-refractivity contribution in [2.24, 2.45) is 11.8 Å². The van der Waals surface area contributed by atoms with Crippen LogP contribution in [-0.4, -0.2) is 70.5 Å². The first kappa shape index (κ1) is 19.8. The number of thiol groups is 1. The van der Waals surface area contributed by atoms with Gasteiger partial charge >= 0.3 is 6.80 Å².